The Kier molecular flexibility index (Phi) is 6.05. The number of β-amino-alcohol motifs (C(OH)–C–C–N with tert-alkyl or cyclic N) is 1. The maximum atomic E-state index is 11.3. The Hall–Kier alpha value is -0.650. The fraction of sp³-hybridized carbons (Fsp3) is 0.923. The summed E-state index contributed by atoms with van der Waals surface area (Å²) >= 11 is 0. The molecular weight excluding hydrogens is 234 g/mol. The van der Waals surface area contributed by atoms with Crippen molar-refractivity contribution in [3.05, 3.63) is 0 Å². The quantitative estimate of drug-likeness (QED) is 0.743. The van der Waals surface area contributed by atoms with Gasteiger partial charge in [0.15, 0.2) is 0 Å². The Balaban J connectivity index is 2.49. The third kappa shape index (κ3) is 4.55. The number of aliphatic hydroxyl groups is 1. The number of hydrogen-bond donors (Lipinski definition) is 2. The standard InChI is InChI=1S/C13H25NO4/c1-9(2)18-8-11(15)7-14-6-4-5-10(3)12(14)13(16)17/h9-12,15H,4-8H2,1-3H3,(H,16,17). The number of ether oxygens (including phenoxy) is 1. The molecule has 0 radical (unpaired) electrons. The van der Waals surface area contributed by atoms with E-state index in [0.29, 0.717) is 6.54 Å². The fourth-order valence-electron chi connectivity index (χ4n) is 2.50. The Bertz CT molecular complexity index is 270. The largest absolute Gasteiger partial charge is 0.480 e. The minimum atomic E-state index is -0.792. The molecule has 5 nitrogen and oxygen atoms in total. The average Bonchev–Trinajstić information content (AvgIpc) is 2.26. The number of nitrogens with zero attached hydrogens (tertiary/aromatic N) is 1. The van der Waals surface area contributed by atoms with E-state index in [4.69, 9.17) is 4.74 Å². The van der Waals surface area contributed by atoms with Crippen molar-refractivity contribution >= 4 is 5.97 Å². The molecule has 0 aromatic rings. The van der Waals surface area contributed by atoms with E-state index in [1.165, 1.54) is 0 Å². The first-order valence-corrected chi connectivity index (χ1v) is 6.68. The Morgan fingerprint density at radius 2 is 2.17 bits per heavy atom. The lowest BCUT2D eigenvalue weighted by Crippen LogP contribution is -2.52. The van der Waals surface area contributed by atoms with E-state index in [-0.39, 0.29) is 18.6 Å². The Labute approximate surface area is 109 Å². The maximum Gasteiger partial charge on any atom is 0.321 e. The lowest BCUT2D eigenvalue weighted by atomic mass is 9.90. The van der Waals surface area contributed by atoms with Gasteiger partial charge in [-0.3, -0.25) is 9.69 Å². The van der Waals surface area contributed by atoms with Crippen LogP contribution in [-0.4, -0.2) is 59.0 Å². The average molecular weight is 259 g/mol. The molecule has 1 saturated heterocycles. The second-order valence-electron chi connectivity index (χ2n) is 5.43. The molecule has 0 saturated carbocycles. The van der Waals surface area contributed by atoms with Gasteiger partial charge in [-0.15, -0.1) is 0 Å². The van der Waals surface area contributed by atoms with Gasteiger partial charge < -0.3 is 14.9 Å². The summed E-state index contributed by atoms with van der Waals surface area (Å²) in [6.45, 7) is 7.15. The van der Waals surface area contributed by atoms with E-state index in [1.807, 2.05) is 25.7 Å². The van der Waals surface area contributed by atoms with Crippen LogP contribution in [0.25, 0.3) is 0 Å². The molecule has 1 heterocycles. The van der Waals surface area contributed by atoms with Crippen molar-refractivity contribution in [3.63, 3.8) is 0 Å². The molecule has 3 atom stereocenters. The van der Waals surface area contributed by atoms with Crippen LogP contribution in [0.5, 0.6) is 0 Å². The van der Waals surface area contributed by atoms with Crippen molar-refractivity contribution < 1.29 is 19.7 Å². The molecule has 1 aliphatic heterocycles. The summed E-state index contributed by atoms with van der Waals surface area (Å²) in [5.41, 5.74) is 0. The second kappa shape index (κ2) is 7.07. The Morgan fingerprint density at radius 3 is 2.72 bits per heavy atom. The normalized spacial score (nSPS) is 27.4. The van der Waals surface area contributed by atoms with Crippen LogP contribution in [-0.2, 0) is 9.53 Å². The molecule has 0 aliphatic carbocycles. The predicted molar refractivity (Wildman–Crippen MR) is 68.5 cm³/mol. The van der Waals surface area contributed by atoms with Gasteiger partial charge >= 0.3 is 5.97 Å². The number of aliphatic hydroxyl groups excluding tert-OH is 1. The van der Waals surface area contributed by atoms with Crippen LogP contribution in [0.15, 0.2) is 0 Å². The van der Waals surface area contributed by atoms with Gasteiger partial charge in [-0.05, 0) is 39.2 Å². The number of carboxylic acid groups (broad SMARTS) is 1. The molecule has 18 heavy (non-hydrogen) atoms. The van der Waals surface area contributed by atoms with Gasteiger partial charge in [0.05, 0.1) is 18.8 Å². The van der Waals surface area contributed by atoms with Crippen LogP contribution in [0.1, 0.15) is 33.6 Å². The third-order valence-corrected chi connectivity index (χ3v) is 3.36. The highest BCUT2D eigenvalue weighted by atomic mass is 16.5. The van der Waals surface area contributed by atoms with Gasteiger partial charge in [-0.1, -0.05) is 6.92 Å². The van der Waals surface area contributed by atoms with Gasteiger partial charge in [0.25, 0.3) is 0 Å². The molecular formula is C13H25NO4. The molecule has 1 fully saturated rings. The first kappa shape index (κ1) is 15.4. The van der Waals surface area contributed by atoms with Crippen molar-refractivity contribution in [2.75, 3.05) is 19.7 Å². The van der Waals surface area contributed by atoms with Crippen LogP contribution in [0.4, 0.5) is 0 Å². The van der Waals surface area contributed by atoms with Gasteiger partial charge in [0.2, 0.25) is 0 Å². The predicted octanol–water partition coefficient (Wildman–Crippen LogP) is 0.957. The summed E-state index contributed by atoms with van der Waals surface area (Å²) in [7, 11) is 0. The minimum Gasteiger partial charge on any atom is -0.480 e. The number of carboxylic acids is 1. The maximum absolute atomic E-state index is 11.3. The van der Waals surface area contributed by atoms with E-state index >= 15 is 0 Å². The SMILES string of the molecule is CC(C)OCC(O)CN1CCCC(C)C1C(=O)O. The van der Waals surface area contributed by atoms with Crippen LogP contribution in [0.2, 0.25) is 0 Å². The molecule has 5 heteroatoms. The van der Waals surface area contributed by atoms with E-state index in [0.717, 1.165) is 19.4 Å². The van der Waals surface area contributed by atoms with Crippen LogP contribution >= 0.6 is 0 Å². The molecule has 1 rings (SSSR count). The number of likely N-dealkylation sites (tertiary alicyclic amines) is 1. The zero-order valence-corrected chi connectivity index (χ0v) is 11.5. The minimum absolute atomic E-state index is 0.0789. The lowest BCUT2D eigenvalue weighted by molar-refractivity contribution is -0.148. The second-order valence-corrected chi connectivity index (χ2v) is 5.43. The monoisotopic (exact) mass is 259 g/mol. The highest BCUT2D eigenvalue weighted by Crippen LogP contribution is 2.23. The summed E-state index contributed by atoms with van der Waals surface area (Å²) in [5, 5.41) is 19.1. The molecule has 0 aromatic carbocycles. The zero-order chi connectivity index (χ0) is 13.7. The molecule has 2 N–H and O–H groups in total. The molecule has 106 valence electrons. The van der Waals surface area contributed by atoms with Crippen LogP contribution in [0, 0.1) is 5.92 Å². The van der Waals surface area contributed by atoms with Gasteiger partial charge in [0.1, 0.15) is 6.04 Å². The van der Waals surface area contributed by atoms with Crippen molar-refractivity contribution in [2.24, 2.45) is 5.92 Å². The fourth-order valence-corrected chi connectivity index (χ4v) is 2.50. The van der Waals surface area contributed by atoms with Gasteiger partial charge in [-0.25, -0.2) is 0 Å². The number of rotatable bonds is 6. The highest BCUT2D eigenvalue weighted by molar-refractivity contribution is 5.74. The molecule has 0 amide bonds. The molecule has 0 bridgehead atoms. The van der Waals surface area contributed by atoms with Crippen LogP contribution in [0.3, 0.4) is 0 Å². The van der Waals surface area contributed by atoms with Crippen molar-refractivity contribution in [1.29, 1.82) is 0 Å². The van der Waals surface area contributed by atoms with Gasteiger partial charge in [0, 0.05) is 6.54 Å². The first-order chi connectivity index (χ1) is 8.41. The zero-order valence-electron chi connectivity index (χ0n) is 11.5. The number of carbonyl (C=O) groups is 1. The topological polar surface area (TPSA) is 70.0 Å². The van der Waals surface area contributed by atoms with E-state index in [2.05, 4.69) is 0 Å². The van der Waals surface area contributed by atoms with E-state index in [1.54, 1.807) is 0 Å². The number of hydrogen-bond acceptors (Lipinski definition) is 4. The van der Waals surface area contributed by atoms with Crippen molar-refractivity contribution in [2.45, 2.75) is 51.9 Å². The highest BCUT2D eigenvalue weighted by Gasteiger charge is 2.34. The molecule has 0 aromatic heterocycles. The smallest absolute Gasteiger partial charge is 0.321 e. The summed E-state index contributed by atoms with van der Waals surface area (Å²) in [6.07, 6.45) is 1.38. The van der Waals surface area contributed by atoms with Gasteiger partial charge in [-0.2, -0.15) is 0 Å². The summed E-state index contributed by atoms with van der Waals surface area (Å²) in [6, 6.07) is -0.479. The number of piperidine rings is 1. The van der Waals surface area contributed by atoms with Crippen molar-refractivity contribution in [3.8, 4) is 0 Å². The summed E-state index contributed by atoms with van der Waals surface area (Å²) in [4.78, 5) is 13.1. The van der Waals surface area contributed by atoms with E-state index in [9.17, 15) is 15.0 Å². The van der Waals surface area contributed by atoms with Crippen molar-refractivity contribution in [1.82, 2.24) is 4.90 Å². The number of aliphatic carboxylic acids is 1. The lowest BCUT2D eigenvalue weighted by Gasteiger charge is -2.38. The Morgan fingerprint density at radius 1 is 1.50 bits per heavy atom. The molecule has 1 aliphatic rings. The molecule has 3 unspecified atom stereocenters. The van der Waals surface area contributed by atoms with Crippen LogP contribution < -0.4 is 0 Å². The third-order valence-electron chi connectivity index (χ3n) is 3.36. The molecule has 0 spiro atoms. The van der Waals surface area contributed by atoms with E-state index < -0.39 is 18.1 Å². The first-order valence-electron chi connectivity index (χ1n) is 6.68. The summed E-state index contributed by atoms with van der Waals surface area (Å²) < 4.78 is 5.34. The summed E-state index contributed by atoms with van der Waals surface area (Å²) in [5.74, 6) is -0.659.